The van der Waals surface area contributed by atoms with Crippen molar-refractivity contribution in [3.05, 3.63) is 53.6 Å². The lowest BCUT2D eigenvalue weighted by Gasteiger charge is -2.36. The molecule has 4 rings (SSSR count). The Morgan fingerprint density at radius 1 is 1.03 bits per heavy atom. The fourth-order valence-electron chi connectivity index (χ4n) is 3.60. The van der Waals surface area contributed by atoms with Gasteiger partial charge in [0.15, 0.2) is 6.10 Å². The van der Waals surface area contributed by atoms with Crippen LogP contribution >= 0.6 is 0 Å². The first-order valence-electron chi connectivity index (χ1n) is 9.93. The molecule has 30 heavy (non-hydrogen) atoms. The van der Waals surface area contributed by atoms with E-state index in [1.807, 2.05) is 38.1 Å². The maximum atomic E-state index is 12.8. The van der Waals surface area contributed by atoms with Crippen LogP contribution in [0.15, 0.2) is 36.4 Å². The first kappa shape index (κ1) is 19.8. The van der Waals surface area contributed by atoms with Gasteiger partial charge in [0.1, 0.15) is 0 Å². The lowest BCUT2D eigenvalue weighted by atomic mass is 10.2. The van der Waals surface area contributed by atoms with Crippen molar-refractivity contribution < 1.29 is 14.3 Å². The number of aromatic nitrogens is 4. The molecule has 1 aliphatic heterocycles. The molecule has 2 aromatic heterocycles. The first-order valence-corrected chi connectivity index (χ1v) is 9.93. The van der Waals surface area contributed by atoms with E-state index >= 15 is 0 Å². The summed E-state index contributed by atoms with van der Waals surface area (Å²) in [5.41, 5.74) is 2.73. The third-order valence-electron chi connectivity index (χ3n) is 5.15. The molecular formula is C21H24N6O3. The van der Waals surface area contributed by atoms with E-state index in [1.165, 1.54) is 4.52 Å². The zero-order valence-corrected chi connectivity index (χ0v) is 17.3. The number of hydrogen-bond acceptors (Lipinski definition) is 7. The van der Waals surface area contributed by atoms with Crippen LogP contribution in [-0.2, 0) is 9.53 Å². The number of benzene rings is 1. The standard InChI is InChI=1S/C21H24N6O3/c1-14-13-15(2)27-21(22-14)23-18(24-27)20(29)30-16(3)19(28)26-11-9-25(10-12-26)17-7-5-4-6-8-17/h4-8,13,16H,9-12H2,1-3H3. The van der Waals surface area contributed by atoms with Gasteiger partial charge < -0.3 is 14.5 Å². The predicted octanol–water partition coefficient (Wildman–Crippen LogP) is 1.64. The minimum absolute atomic E-state index is 0.107. The van der Waals surface area contributed by atoms with Crippen LogP contribution in [-0.4, -0.2) is 68.6 Å². The maximum Gasteiger partial charge on any atom is 0.379 e. The summed E-state index contributed by atoms with van der Waals surface area (Å²) in [4.78, 5) is 37.6. The number of carbonyl (C=O) groups excluding carboxylic acids is 2. The number of amides is 1. The molecule has 9 heteroatoms. The zero-order valence-electron chi connectivity index (χ0n) is 17.3. The van der Waals surface area contributed by atoms with E-state index < -0.39 is 12.1 Å². The van der Waals surface area contributed by atoms with Gasteiger partial charge in [-0.1, -0.05) is 18.2 Å². The molecule has 0 saturated carbocycles. The van der Waals surface area contributed by atoms with Gasteiger partial charge in [-0.25, -0.2) is 14.3 Å². The van der Waals surface area contributed by atoms with Crippen LogP contribution in [0.25, 0.3) is 5.78 Å². The van der Waals surface area contributed by atoms with Gasteiger partial charge >= 0.3 is 5.97 Å². The predicted molar refractivity (Wildman–Crippen MR) is 110 cm³/mol. The molecule has 1 aliphatic rings. The summed E-state index contributed by atoms with van der Waals surface area (Å²) < 4.78 is 6.84. The second kappa shape index (κ2) is 8.10. The summed E-state index contributed by atoms with van der Waals surface area (Å²) in [7, 11) is 0. The minimum atomic E-state index is -0.914. The second-order valence-corrected chi connectivity index (χ2v) is 7.38. The number of ether oxygens (including phenoxy) is 1. The van der Waals surface area contributed by atoms with E-state index in [0.717, 1.165) is 30.2 Å². The highest BCUT2D eigenvalue weighted by Crippen LogP contribution is 2.16. The number of hydrogen-bond donors (Lipinski definition) is 0. The number of piperazine rings is 1. The lowest BCUT2D eigenvalue weighted by molar-refractivity contribution is -0.140. The van der Waals surface area contributed by atoms with Gasteiger partial charge in [-0.05, 0) is 39.0 Å². The molecule has 1 saturated heterocycles. The van der Waals surface area contributed by atoms with Crippen LogP contribution < -0.4 is 4.90 Å². The Balaban J connectivity index is 1.37. The number of nitrogens with zero attached hydrogens (tertiary/aromatic N) is 6. The molecule has 0 N–H and O–H groups in total. The molecule has 3 heterocycles. The van der Waals surface area contributed by atoms with Crippen molar-refractivity contribution in [1.29, 1.82) is 0 Å². The van der Waals surface area contributed by atoms with Crippen LogP contribution in [0.4, 0.5) is 5.69 Å². The molecule has 0 spiro atoms. The smallest absolute Gasteiger partial charge is 0.379 e. The Bertz CT molecular complexity index is 1070. The van der Waals surface area contributed by atoms with Crippen molar-refractivity contribution in [2.75, 3.05) is 31.1 Å². The van der Waals surface area contributed by atoms with Gasteiger partial charge in [0.25, 0.3) is 17.5 Å². The fraction of sp³-hybridized carbons (Fsp3) is 0.381. The van der Waals surface area contributed by atoms with Gasteiger partial charge in [0.2, 0.25) is 0 Å². The van der Waals surface area contributed by atoms with Crippen molar-refractivity contribution >= 4 is 23.3 Å². The van der Waals surface area contributed by atoms with Crippen molar-refractivity contribution in [1.82, 2.24) is 24.5 Å². The largest absolute Gasteiger partial charge is 0.447 e. The average molecular weight is 408 g/mol. The summed E-state index contributed by atoms with van der Waals surface area (Å²) in [6.45, 7) is 7.89. The topological polar surface area (TPSA) is 92.9 Å². The molecule has 1 unspecified atom stereocenters. The first-order chi connectivity index (χ1) is 14.4. The maximum absolute atomic E-state index is 12.8. The van der Waals surface area contributed by atoms with E-state index in [0.29, 0.717) is 18.9 Å². The number of carbonyl (C=O) groups is 2. The molecule has 1 amide bonds. The molecule has 1 aromatic carbocycles. The van der Waals surface area contributed by atoms with E-state index in [1.54, 1.807) is 11.8 Å². The fourth-order valence-corrected chi connectivity index (χ4v) is 3.60. The van der Waals surface area contributed by atoms with Crippen molar-refractivity contribution in [2.24, 2.45) is 0 Å². The quantitative estimate of drug-likeness (QED) is 0.606. The summed E-state index contributed by atoms with van der Waals surface area (Å²) in [6, 6.07) is 11.9. The summed E-state index contributed by atoms with van der Waals surface area (Å²) in [5.74, 6) is -0.730. The Kier molecular flexibility index (Phi) is 5.35. The number of rotatable bonds is 4. The van der Waals surface area contributed by atoms with Gasteiger partial charge in [-0.3, -0.25) is 4.79 Å². The van der Waals surface area contributed by atoms with Crippen molar-refractivity contribution in [3.8, 4) is 0 Å². The van der Waals surface area contributed by atoms with Gasteiger partial charge in [-0.15, -0.1) is 5.10 Å². The third kappa shape index (κ3) is 3.96. The van der Waals surface area contributed by atoms with Gasteiger partial charge in [0, 0.05) is 43.3 Å². The van der Waals surface area contributed by atoms with E-state index in [9.17, 15) is 9.59 Å². The molecule has 9 nitrogen and oxygen atoms in total. The Morgan fingerprint density at radius 2 is 1.73 bits per heavy atom. The Hall–Kier alpha value is -3.49. The Morgan fingerprint density at radius 3 is 2.43 bits per heavy atom. The SMILES string of the molecule is Cc1cc(C)n2nc(C(=O)OC(C)C(=O)N3CCN(c4ccccc4)CC3)nc2n1. The van der Waals surface area contributed by atoms with E-state index in [2.05, 4.69) is 32.1 Å². The third-order valence-corrected chi connectivity index (χ3v) is 5.15. The molecule has 0 radical (unpaired) electrons. The monoisotopic (exact) mass is 408 g/mol. The summed E-state index contributed by atoms with van der Waals surface area (Å²) in [5, 5.41) is 4.16. The molecule has 156 valence electrons. The zero-order chi connectivity index (χ0) is 21.3. The van der Waals surface area contributed by atoms with Crippen LogP contribution in [0.3, 0.4) is 0 Å². The molecular weight excluding hydrogens is 384 g/mol. The van der Waals surface area contributed by atoms with E-state index in [-0.39, 0.29) is 11.7 Å². The van der Waals surface area contributed by atoms with Crippen LogP contribution in [0, 0.1) is 13.8 Å². The molecule has 0 aliphatic carbocycles. The Labute approximate surface area is 174 Å². The van der Waals surface area contributed by atoms with Gasteiger partial charge in [-0.2, -0.15) is 4.98 Å². The summed E-state index contributed by atoms with van der Waals surface area (Å²) in [6.07, 6.45) is -0.914. The highest BCUT2D eigenvalue weighted by molar-refractivity contribution is 5.89. The number of para-hydroxylation sites is 1. The highest BCUT2D eigenvalue weighted by atomic mass is 16.5. The van der Waals surface area contributed by atoms with Crippen molar-refractivity contribution in [3.63, 3.8) is 0 Å². The lowest BCUT2D eigenvalue weighted by Crippen LogP contribution is -2.51. The number of aryl methyl sites for hydroxylation is 2. The second-order valence-electron chi connectivity index (χ2n) is 7.38. The number of anilines is 1. The molecule has 1 fully saturated rings. The van der Waals surface area contributed by atoms with Gasteiger partial charge in [0.05, 0.1) is 0 Å². The van der Waals surface area contributed by atoms with Crippen LogP contribution in [0.2, 0.25) is 0 Å². The summed E-state index contributed by atoms with van der Waals surface area (Å²) >= 11 is 0. The minimum Gasteiger partial charge on any atom is -0.447 e. The molecule has 0 bridgehead atoms. The van der Waals surface area contributed by atoms with E-state index in [4.69, 9.17) is 4.74 Å². The average Bonchev–Trinajstić information content (AvgIpc) is 3.18. The number of fused-ring (bicyclic) bond motifs is 1. The van der Waals surface area contributed by atoms with Crippen LogP contribution in [0.1, 0.15) is 28.9 Å². The van der Waals surface area contributed by atoms with Crippen molar-refractivity contribution in [2.45, 2.75) is 26.9 Å². The highest BCUT2D eigenvalue weighted by Gasteiger charge is 2.29. The normalized spacial score (nSPS) is 15.3. The van der Waals surface area contributed by atoms with Crippen LogP contribution in [0.5, 0.6) is 0 Å². The molecule has 3 aromatic rings. The molecule has 1 atom stereocenters. The number of esters is 1.